The van der Waals surface area contributed by atoms with Gasteiger partial charge in [0.25, 0.3) is 0 Å². The van der Waals surface area contributed by atoms with Gasteiger partial charge in [0.2, 0.25) is 5.91 Å². The molecule has 0 saturated heterocycles. The Balaban J connectivity index is 1.56. The SMILES string of the molecule is CC(=O)Nc1cccc(-n2cc(COc3ccc4ccccc4c3)nn2)c1[N+](=O)[O-]. The number of hydrogen-bond acceptors (Lipinski definition) is 6. The van der Waals surface area contributed by atoms with Gasteiger partial charge in [0.15, 0.2) is 0 Å². The van der Waals surface area contributed by atoms with Crippen molar-refractivity contribution in [3.63, 3.8) is 0 Å². The summed E-state index contributed by atoms with van der Waals surface area (Å²) in [7, 11) is 0. The normalized spacial score (nSPS) is 10.7. The molecular formula is C21H17N5O4. The first-order valence-corrected chi connectivity index (χ1v) is 9.09. The van der Waals surface area contributed by atoms with Crippen LogP contribution in [0.5, 0.6) is 5.75 Å². The zero-order valence-electron chi connectivity index (χ0n) is 16.0. The van der Waals surface area contributed by atoms with Crippen LogP contribution in [0.3, 0.4) is 0 Å². The van der Waals surface area contributed by atoms with Gasteiger partial charge in [0.05, 0.1) is 11.1 Å². The molecule has 150 valence electrons. The van der Waals surface area contributed by atoms with E-state index in [9.17, 15) is 14.9 Å². The van der Waals surface area contributed by atoms with E-state index >= 15 is 0 Å². The van der Waals surface area contributed by atoms with Crippen LogP contribution >= 0.6 is 0 Å². The second kappa shape index (κ2) is 8.00. The maximum Gasteiger partial charge on any atom is 0.318 e. The molecule has 3 aromatic carbocycles. The number of nitrogens with zero attached hydrogens (tertiary/aromatic N) is 4. The predicted octanol–water partition coefficient (Wildman–Crippen LogP) is 3.87. The Morgan fingerprint density at radius 3 is 2.70 bits per heavy atom. The summed E-state index contributed by atoms with van der Waals surface area (Å²) in [4.78, 5) is 22.4. The summed E-state index contributed by atoms with van der Waals surface area (Å²) >= 11 is 0. The minimum atomic E-state index is -0.562. The molecule has 0 radical (unpaired) electrons. The van der Waals surface area contributed by atoms with Gasteiger partial charge in [0.1, 0.15) is 29.4 Å². The van der Waals surface area contributed by atoms with E-state index in [1.54, 1.807) is 12.3 Å². The average molecular weight is 403 g/mol. The smallest absolute Gasteiger partial charge is 0.318 e. The van der Waals surface area contributed by atoms with E-state index < -0.39 is 10.8 Å². The van der Waals surface area contributed by atoms with Gasteiger partial charge >= 0.3 is 5.69 Å². The molecule has 1 heterocycles. The van der Waals surface area contributed by atoms with Crippen molar-refractivity contribution < 1.29 is 14.5 Å². The summed E-state index contributed by atoms with van der Waals surface area (Å²) in [5, 5.41) is 24.2. The van der Waals surface area contributed by atoms with E-state index in [-0.39, 0.29) is 23.7 Å². The van der Waals surface area contributed by atoms with Crippen LogP contribution in [0.1, 0.15) is 12.6 Å². The molecule has 4 rings (SSSR count). The van der Waals surface area contributed by atoms with Gasteiger partial charge in [-0.3, -0.25) is 14.9 Å². The third-order valence-corrected chi connectivity index (χ3v) is 4.40. The number of fused-ring (bicyclic) bond motifs is 1. The van der Waals surface area contributed by atoms with Gasteiger partial charge in [-0.25, -0.2) is 4.68 Å². The summed E-state index contributed by atoms with van der Waals surface area (Å²) in [5.74, 6) is 0.278. The number of amides is 1. The Morgan fingerprint density at radius 2 is 1.93 bits per heavy atom. The molecule has 30 heavy (non-hydrogen) atoms. The number of rotatable bonds is 6. The molecule has 1 amide bonds. The molecule has 0 fully saturated rings. The first-order valence-electron chi connectivity index (χ1n) is 9.09. The third kappa shape index (κ3) is 3.95. The molecule has 0 aliphatic heterocycles. The van der Waals surface area contributed by atoms with Gasteiger partial charge in [0, 0.05) is 6.92 Å². The largest absolute Gasteiger partial charge is 0.487 e. The lowest BCUT2D eigenvalue weighted by Crippen LogP contribution is -2.10. The molecular weight excluding hydrogens is 386 g/mol. The summed E-state index contributed by atoms with van der Waals surface area (Å²) in [6.45, 7) is 1.44. The molecule has 4 aromatic rings. The van der Waals surface area contributed by atoms with E-state index in [0.717, 1.165) is 10.8 Å². The first-order chi connectivity index (χ1) is 14.5. The number of nitro benzene ring substituents is 1. The van der Waals surface area contributed by atoms with Crippen molar-refractivity contribution in [2.45, 2.75) is 13.5 Å². The second-order valence-electron chi connectivity index (χ2n) is 6.56. The fraction of sp³-hybridized carbons (Fsp3) is 0.0952. The number of carbonyl (C=O) groups is 1. The van der Waals surface area contributed by atoms with Crippen molar-refractivity contribution in [1.29, 1.82) is 0 Å². The van der Waals surface area contributed by atoms with Crippen LogP contribution in [0, 0.1) is 10.1 Å². The van der Waals surface area contributed by atoms with Crippen molar-refractivity contribution in [2.24, 2.45) is 0 Å². The molecule has 0 bridgehead atoms. The number of benzene rings is 3. The number of ether oxygens (including phenoxy) is 1. The maximum atomic E-state index is 11.6. The van der Waals surface area contributed by atoms with E-state index in [2.05, 4.69) is 15.6 Å². The zero-order chi connectivity index (χ0) is 21.1. The van der Waals surface area contributed by atoms with Crippen molar-refractivity contribution >= 4 is 28.1 Å². The highest BCUT2D eigenvalue weighted by atomic mass is 16.6. The molecule has 0 atom stereocenters. The predicted molar refractivity (Wildman–Crippen MR) is 111 cm³/mol. The molecule has 0 aliphatic carbocycles. The monoisotopic (exact) mass is 403 g/mol. The van der Waals surface area contributed by atoms with Crippen LogP contribution < -0.4 is 10.1 Å². The van der Waals surface area contributed by atoms with Crippen LogP contribution in [-0.4, -0.2) is 25.8 Å². The molecule has 0 saturated carbocycles. The van der Waals surface area contributed by atoms with Crippen molar-refractivity contribution in [1.82, 2.24) is 15.0 Å². The minimum absolute atomic E-state index is 0.0921. The summed E-state index contributed by atoms with van der Waals surface area (Å²) in [6, 6.07) is 18.3. The van der Waals surface area contributed by atoms with Gasteiger partial charge in [-0.05, 0) is 35.0 Å². The molecule has 9 heteroatoms. The van der Waals surface area contributed by atoms with E-state index in [4.69, 9.17) is 4.74 Å². The van der Waals surface area contributed by atoms with Crippen LogP contribution in [0.4, 0.5) is 11.4 Å². The van der Waals surface area contributed by atoms with E-state index in [1.165, 1.54) is 23.7 Å². The Morgan fingerprint density at radius 1 is 1.13 bits per heavy atom. The Kier molecular flexibility index (Phi) is 5.08. The van der Waals surface area contributed by atoms with Crippen LogP contribution in [-0.2, 0) is 11.4 Å². The van der Waals surface area contributed by atoms with Crippen molar-refractivity contribution in [3.8, 4) is 11.4 Å². The molecule has 1 N–H and O–H groups in total. The molecule has 9 nitrogen and oxygen atoms in total. The van der Waals surface area contributed by atoms with Gasteiger partial charge < -0.3 is 10.1 Å². The highest BCUT2D eigenvalue weighted by Crippen LogP contribution is 2.31. The maximum absolute atomic E-state index is 11.6. The number of nitro groups is 1. The Bertz CT molecular complexity index is 1250. The number of carbonyl (C=O) groups excluding carboxylic acids is 1. The number of nitrogens with one attached hydrogen (secondary N) is 1. The minimum Gasteiger partial charge on any atom is -0.487 e. The van der Waals surface area contributed by atoms with Crippen molar-refractivity contribution in [3.05, 3.63) is 82.7 Å². The highest BCUT2D eigenvalue weighted by molar-refractivity contribution is 5.92. The molecule has 0 aliphatic rings. The molecule has 0 spiro atoms. The summed E-state index contributed by atoms with van der Waals surface area (Å²) in [6.07, 6.45) is 1.56. The van der Waals surface area contributed by atoms with Crippen LogP contribution in [0.15, 0.2) is 66.9 Å². The van der Waals surface area contributed by atoms with Crippen LogP contribution in [0.2, 0.25) is 0 Å². The Hall–Kier alpha value is -4.27. The van der Waals surface area contributed by atoms with E-state index in [0.29, 0.717) is 11.4 Å². The number of anilines is 1. The third-order valence-electron chi connectivity index (χ3n) is 4.40. The van der Waals surface area contributed by atoms with Crippen molar-refractivity contribution in [2.75, 3.05) is 5.32 Å². The number of para-hydroxylation sites is 1. The highest BCUT2D eigenvalue weighted by Gasteiger charge is 2.22. The summed E-state index contributed by atoms with van der Waals surface area (Å²) in [5.41, 5.74) is 0.521. The van der Waals surface area contributed by atoms with Gasteiger partial charge in [-0.2, -0.15) is 0 Å². The fourth-order valence-corrected chi connectivity index (χ4v) is 3.10. The quantitative estimate of drug-likeness (QED) is 0.386. The first kappa shape index (κ1) is 19.1. The number of aromatic nitrogens is 3. The van der Waals surface area contributed by atoms with Gasteiger partial charge in [-0.15, -0.1) is 5.10 Å². The lowest BCUT2D eigenvalue weighted by Gasteiger charge is -2.07. The standard InChI is InChI=1S/C21H17N5O4/c1-14(27)22-19-7-4-8-20(21(19)26(28)29)25-12-17(23-24-25)13-30-18-10-9-15-5-2-3-6-16(15)11-18/h2-12H,13H2,1H3,(H,22,27). The molecule has 0 unspecified atom stereocenters. The van der Waals surface area contributed by atoms with E-state index in [1.807, 2.05) is 42.5 Å². The fourth-order valence-electron chi connectivity index (χ4n) is 3.10. The van der Waals surface area contributed by atoms with Crippen LogP contribution in [0.25, 0.3) is 16.5 Å². The Labute approximate surface area is 171 Å². The molecule has 1 aromatic heterocycles. The van der Waals surface area contributed by atoms with Gasteiger partial charge in [-0.1, -0.05) is 41.6 Å². The summed E-state index contributed by atoms with van der Waals surface area (Å²) < 4.78 is 7.09. The number of hydrogen-bond donors (Lipinski definition) is 1. The zero-order valence-corrected chi connectivity index (χ0v) is 16.0. The lowest BCUT2D eigenvalue weighted by atomic mass is 10.1. The topological polar surface area (TPSA) is 112 Å². The average Bonchev–Trinajstić information content (AvgIpc) is 3.20. The second-order valence-corrected chi connectivity index (χ2v) is 6.56. The lowest BCUT2D eigenvalue weighted by molar-refractivity contribution is -0.383.